The Hall–Kier alpha value is -1.75. The highest BCUT2D eigenvalue weighted by Gasteiger charge is 2.37. The molecule has 1 N–H and O–H groups in total. The van der Waals surface area contributed by atoms with Gasteiger partial charge in [0.05, 0.1) is 6.04 Å². The maximum absolute atomic E-state index is 11.0. The first kappa shape index (κ1) is 10.3. The fraction of sp³-hybridized carbons (Fsp3) is 0.714. The Bertz CT molecular complexity index is 288. The predicted molar refractivity (Wildman–Crippen MR) is 46.4 cm³/mol. The Morgan fingerprint density at radius 3 is 2.64 bits per heavy atom. The maximum atomic E-state index is 11.0. The number of amides is 1. The molecule has 7 heteroatoms. The molecule has 1 aliphatic rings. The lowest BCUT2D eigenvalue weighted by molar-refractivity contribution is -0.147. The number of carbonyl (C=O) groups is 2. The third kappa shape index (κ3) is 1.94. The van der Waals surface area contributed by atoms with E-state index >= 15 is 0 Å². The van der Waals surface area contributed by atoms with Gasteiger partial charge in [0.2, 0.25) is 5.91 Å². The summed E-state index contributed by atoms with van der Waals surface area (Å²) in [5, 5.41) is 12.2. The molecule has 14 heavy (non-hydrogen) atoms. The van der Waals surface area contributed by atoms with Gasteiger partial charge in [-0.3, -0.25) is 4.79 Å². The van der Waals surface area contributed by atoms with Gasteiger partial charge < -0.3 is 10.0 Å². The Kier molecular flexibility index (Phi) is 2.93. The zero-order chi connectivity index (χ0) is 10.7. The molecule has 1 rings (SSSR count). The third-order valence-electron chi connectivity index (χ3n) is 2.18. The van der Waals surface area contributed by atoms with Gasteiger partial charge in [0.15, 0.2) is 0 Å². The maximum Gasteiger partial charge on any atom is 0.326 e. The van der Waals surface area contributed by atoms with Gasteiger partial charge in [-0.25, -0.2) is 4.79 Å². The molecule has 0 radical (unpaired) electrons. The molecule has 0 aliphatic carbocycles. The number of nitrogens with zero attached hydrogens (tertiary/aromatic N) is 4. The van der Waals surface area contributed by atoms with Crippen molar-refractivity contribution in [2.45, 2.75) is 25.4 Å². The minimum Gasteiger partial charge on any atom is -0.480 e. The van der Waals surface area contributed by atoms with Gasteiger partial charge in [0, 0.05) is 18.4 Å². The fourth-order valence-corrected chi connectivity index (χ4v) is 1.55. The van der Waals surface area contributed by atoms with Crippen molar-refractivity contribution in [1.29, 1.82) is 0 Å². The Morgan fingerprint density at radius 2 is 2.29 bits per heavy atom. The summed E-state index contributed by atoms with van der Waals surface area (Å²) in [6.45, 7) is 1.49. The first-order chi connectivity index (χ1) is 6.56. The van der Waals surface area contributed by atoms with Crippen molar-refractivity contribution in [2.24, 2.45) is 5.11 Å². The van der Waals surface area contributed by atoms with Crippen molar-refractivity contribution >= 4 is 11.9 Å². The van der Waals surface area contributed by atoms with E-state index in [2.05, 4.69) is 10.0 Å². The van der Waals surface area contributed by atoms with Crippen LogP contribution in [-0.4, -0.2) is 40.5 Å². The number of carboxylic acids is 1. The minimum absolute atomic E-state index is 0.191. The van der Waals surface area contributed by atoms with Gasteiger partial charge >= 0.3 is 5.97 Å². The normalized spacial score (nSPS) is 25.6. The van der Waals surface area contributed by atoms with Crippen LogP contribution in [0.3, 0.4) is 0 Å². The first-order valence-corrected chi connectivity index (χ1v) is 4.10. The fourth-order valence-electron chi connectivity index (χ4n) is 1.55. The lowest BCUT2D eigenvalue weighted by Crippen LogP contribution is -2.39. The number of likely N-dealkylation sites (tertiary alicyclic amines) is 1. The molecule has 1 fully saturated rings. The van der Waals surface area contributed by atoms with E-state index in [0.29, 0.717) is 0 Å². The van der Waals surface area contributed by atoms with E-state index in [1.165, 1.54) is 11.8 Å². The van der Waals surface area contributed by atoms with Gasteiger partial charge in [-0.1, -0.05) is 5.11 Å². The third-order valence-corrected chi connectivity index (χ3v) is 2.18. The van der Waals surface area contributed by atoms with E-state index < -0.39 is 18.1 Å². The summed E-state index contributed by atoms with van der Waals surface area (Å²) in [4.78, 5) is 25.6. The van der Waals surface area contributed by atoms with E-state index in [0.717, 1.165) is 0 Å². The Labute approximate surface area is 79.9 Å². The molecule has 2 atom stereocenters. The SMILES string of the molecule is CC(=O)N1C[C@H](N=[N+]=[N-])C[C@H]1C(=O)O. The monoisotopic (exact) mass is 198 g/mol. The van der Waals surface area contributed by atoms with Gasteiger partial charge in [-0.15, -0.1) is 0 Å². The molecule has 0 aromatic heterocycles. The number of carboxylic acid groups (broad SMARTS) is 1. The second-order valence-electron chi connectivity index (χ2n) is 3.12. The van der Waals surface area contributed by atoms with Crippen molar-refractivity contribution in [3.8, 4) is 0 Å². The van der Waals surface area contributed by atoms with Crippen LogP contribution in [0.4, 0.5) is 0 Å². The number of hydrogen-bond donors (Lipinski definition) is 1. The molecule has 1 heterocycles. The smallest absolute Gasteiger partial charge is 0.326 e. The molecule has 7 nitrogen and oxygen atoms in total. The van der Waals surface area contributed by atoms with E-state index in [9.17, 15) is 9.59 Å². The molecule has 0 spiro atoms. The standard InChI is InChI=1S/C7H10N4O3/c1-4(12)11-3-5(9-10-8)2-6(11)7(13)14/h5-6H,2-3H2,1H3,(H,13,14)/t5-,6+/m1/s1. The molecule has 1 amide bonds. The summed E-state index contributed by atoms with van der Waals surface area (Å²) in [5.41, 5.74) is 8.18. The average Bonchev–Trinajstić information content (AvgIpc) is 2.49. The molecular formula is C7H10N4O3. The molecule has 0 unspecified atom stereocenters. The van der Waals surface area contributed by atoms with Crippen molar-refractivity contribution in [1.82, 2.24) is 4.90 Å². The van der Waals surface area contributed by atoms with Crippen molar-refractivity contribution < 1.29 is 14.7 Å². The van der Waals surface area contributed by atoms with E-state index in [1.807, 2.05) is 0 Å². The van der Waals surface area contributed by atoms with Crippen molar-refractivity contribution in [3.05, 3.63) is 10.4 Å². The van der Waals surface area contributed by atoms with Crippen LogP contribution in [0.2, 0.25) is 0 Å². The van der Waals surface area contributed by atoms with Crippen LogP contribution in [0.5, 0.6) is 0 Å². The van der Waals surface area contributed by atoms with Crippen LogP contribution >= 0.6 is 0 Å². The zero-order valence-corrected chi connectivity index (χ0v) is 7.62. The lowest BCUT2D eigenvalue weighted by Gasteiger charge is -2.18. The quantitative estimate of drug-likeness (QED) is 0.393. The molecule has 0 saturated carbocycles. The second-order valence-corrected chi connectivity index (χ2v) is 3.12. The van der Waals surface area contributed by atoms with Gasteiger partial charge in [0.25, 0.3) is 0 Å². The largest absolute Gasteiger partial charge is 0.480 e. The summed E-state index contributed by atoms with van der Waals surface area (Å²) in [7, 11) is 0. The van der Waals surface area contributed by atoms with Crippen molar-refractivity contribution in [3.63, 3.8) is 0 Å². The van der Waals surface area contributed by atoms with Crippen LogP contribution in [0.1, 0.15) is 13.3 Å². The number of azide groups is 1. The van der Waals surface area contributed by atoms with Crippen LogP contribution in [0.25, 0.3) is 10.4 Å². The highest BCUT2D eigenvalue weighted by molar-refractivity contribution is 5.83. The van der Waals surface area contributed by atoms with Crippen LogP contribution < -0.4 is 0 Å². The van der Waals surface area contributed by atoms with Crippen LogP contribution in [0, 0.1) is 0 Å². The number of aliphatic carboxylic acids is 1. The summed E-state index contributed by atoms with van der Waals surface area (Å²) in [6.07, 6.45) is 0.193. The lowest BCUT2D eigenvalue weighted by atomic mass is 10.2. The molecule has 0 bridgehead atoms. The Morgan fingerprint density at radius 1 is 1.64 bits per heavy atom. The molecule has 0 aromatic rings. The average molecular weight is 198 g/mol. The number of rotatable bonds is 2. The van der Waals surface area contributed by atoms with Gasteiger partial charge in [-0.05, 0) is 12.0 Å². The van der Waals surface area contributed by atoms with Gasteiger partial charge in [0.1, 0.15) is 6.04 Å². The summed E-state index contributed by atoms with van der Waals surface area (Å²) in [6, 6.07) is -1.28. The van der Waals surface area contributed by atoms with Crippen LogP contribution in [-0.2, 0) is 9.59 Å². The topological polar surface area (TPSA) is 106 Å². The molecular weight excluding hydrogens is 188 g/mol. The molecule has 1 aliphatic heterocycles. The summed E-state index contributed by atoms with van der Waals surface area (Å²) >= 11 is 0. The van der Waals surface area contributed by atoms with Gasteiger partial charge in [-0.2, -0.15) is 0 Å². The number of carbonyl (C=O) groups excluding carboxylic acids is 1. The molecule has 1 saturated heterocycles. The van der Waals surface area contributed by atoms with E-state index in [-0.39, 0.29) is 18.9 Å². The summed E-state index contributed by atoms with van der Waals surface area (Å²) in [5.74, 6) is -1.37. The number of hydrogen-bond acceptors (Lipinski definition) is 3. The van der Waals surface area contributed by atoms with Crippen LogP contribution in [0.15, 0.2) is 5.11 Å². The highest BCUT2D eigenvalue weighted by Crippen LogP contribution is 2.20. The molecule has 0 aromatic carbocycles. The van der Waals surface area contributed by atoms with E-state index in [1.54, 1.807) is 0 Å². The van der Waals surface area contributed by atoms with Crippen molar-refractivity contribution in [2.75, 3.05) is 6.54 Å². The Balaban J connectivity index is 2.79. The summed E-state index contributed by atoms with van der Waals surface area (Å²) < 4.78 is 0. The minimum atomic E-state index is -1.06. The predicted octanol–water partition coefficient (Wildman–Crippen LogP) is 0.371. The van der Waals surface area contributed by atoms with E-state index in [4.69, 9.17) is 10.6 Å². The molecule has 76 valence electrons. The second kappa shape index (κ2) is 3.97. The first-order valence-electron chi connectivity index (χ1n) is 4.10. The zero-order valence-electron chi connectivity index (χ0n) is 7.62. The highest BCUT2D eigenvalue weighted by atomic mass is 16.4.